The third-order valence-electron chi connectivity index (χ3n) is 4.64. The molecular formula is C21H23N5. The number of benzene rings is 2. The molecule has 1 fully saturated rings. The Morgan fingerprint density at radius 1 is 0.769 bits per heavy atom. The highest BCUT2D eigenvalue weighted by atomic mass is 15.3. The maximum absolute atomic E-state index is 4.69. The summed E-state index contributed by atoms with van der Waals surface area (Å²) in [6, 6.07) is 22.8. The Hall–Kier alpha value is -3.08. The zero-order valence-electron chi connectivity index (χ0n) is 14.8. The first-order valence-electron chi connectivity index (χ1n) is 9.04. The number of rotatable bonds is 5. The lowest BCUT2D eigenvalue weighted by Crippen LogP contribution is -2.47. The van der Waals surface area contributed by atoms with Crippen LogP contribution < -0.4 is 15.1 Å². The zero-order valence-corrected chi connectivity index (χ0v) is 14.8. The molecule has 4 rings (SSSR count). The van der Waals surface area contributed by atoms with Gasteiger partial charge in [-0.3, -0.25) is 0 Å². The van der Waals surface area contributed by atoms with Gasteiger partial charge in [0.15, 0.2) is 0 Å². The number of hydrogen-bond acceptors (Lipinski definition) is 5. The van der Waals surface area contributed by atoms with Crippen molar-refractivity contribution in [2.45, 2.75) is 6.54 Å². The highest BCUT2D eigenvalue weighted by Crippen LogP contribution is 2.18. The molecule has 1 N–H and O–H groups in total. The second-order valence-electron chi connectivity index (χ2n) is 6.39. The maximum Gasteiger partial charge on any atom is 0.227 e. The molecule has 26 heavy (non-hydrogen) atoms. The van der Waals surface area contributed by atoms with Crippen LogP contribution in [0.25, 0.3) is 0 Å². The van der Waals surface area contributed by atoms with Gasteiger partial charge in [0.05, 0.1) is 0 Å². The van der Waals surface area contributed by atoms with Crippen molar-refractivity contribution in [2.24, 2.45) is 0 Å². The van der Waals surface area contributed by atoms with Gasteiger partial charge in [-0.25, -0.2) is 4.98 Å². The van der Waals surface area contributed by atoms with E-state index >= 15 is 0 Å². The van der Waals surface area contributed by atoms with E-state index in [1.54, 1.807) is 0 Å². The van der Waals surface area contributed by atoms with Crippen molar-refractivity contribution < 1.29 is 0 Å². The number of anilines is 3. The minimum Gasteiger partial charge on any atom is -0.368 e. The van der Waals surface area contributed by atoms with Crippen LogP contribution >= 0.6 is 0 Å². The average Bonchev–Trinajstić information content (AvgIpc) is 2.74. The molecule has 1 aromatic heterocycles. The molecule has 5 nitrogen and oxygen atoms in total. The monoisotopic (exact) mass is 345 g/mol. The summed E-state index contributed by atoms with van der Waals surface area (Å²) in [7, 11) is 0. The lowest BCUT2D eigenvalue weighted by molar-refractivity contribution is 0.640. The number of para-hydroxylation sites is 1. The number of nitrogens with zero attached hydrogens (tertiary/aromatic N) is 4. The van der Waals surface area contributed by atoms with Gasteiger partial charge in [-0.1, -0.05) is 48.5 Å². The van der Waals surface area contributed by atoms with Gasteiger partial charge in [-0.2, -0.15) is 4.98 Å². The van der Waals surface area contributed by atoms with Crippen molar-refractivity contribution in [1.29, 1.82) is 0 Å². The van der Waals surface area contributed by atoms with E-state index in [2.05, 4.69) is 74.7 Å². The molecule has 1 aliphatic rings. The van der Waals surface area contributed by atoms with Crippen LogP contribution in [0.3, 0.4) is 0 Å². The predicted octanol–water partition coefficient (Wildman–Crippen LogP) is 3.42. The average molecular weight is 345 g/mol. The quantitative estimate of drug-likeness (QED) is 0.768. The zero-order chi connectivity index (χ0) is 17.6. The second kappa shape index (κ2) is 7.87. The largest absolute Gasteiger partial charge is 0.368 e. The molecular weight excluding hydrogens is 322 g/mol. The highest BCUT2D eigenvalue weighted by Gasteiger charge is 2.19. The number of piperazine rings is 1. The summed E-state index contributed by atoms with van der Waals surface area (Å²) in [5, 5.41) is 3.39. The highest BCUT2D eigenvalue weighted by molar-refractivity contribution is 5.49. The standard InChI is InChI=1S/C21H23N5/c1-3-7-18(8-4-1)17-23-20-11-12-22-21(24-20)26-15-13-25(14-16-26)19-9-5-2-6-10-19/h1-12H,13-17H2,(H,22,23,24). The first kappa shape index (κ1) is 16.4. The van der Waals surface area contributed by atoms with E-state index in [0.717, 1.165) is 44.5 Å². The fraction of sp³-hybridized carbons (Fsp3) is 0.238. The molecule has 132 valence electrons. The summed E-state index contributed by atoms with van der Waals surface area (Å²) >= 11 is 0. The summed E-state index contributed by atoms with van der Waals surface area (Å²) < 4.78 is 0. The molecule has 0 atom stereocenters. The Balaban J connectivity index is 1.36. The molecule has 5 heteroatoms. The third-order valence-corrected chi connectivity index (χ3v) is 4.64. The molecule has 0 amide bonds. The summed E-state index contributed by atoms with van der Waals surface area (Å²) in [5.74, 6) is 1.67. The Kier molecular flexibility index (Phi) is 4.96. The first-order chi connectivity index (χ1) is 12.9. The summed E-state index contributed by atoms with van der Waals surface area (Å²) in [6.45, 7) is 4.58. The van der Waals surface area contributed by atoms with Crippen LogP contribution in [0.1, 0.15) is 5.56 Å². The molecule has 0 radical (unpaired) electrons. The Labute approximate surface area is 154 Å². The normalized spacial score (nSPS) is 14.3. The van der Waals surface area contributed by atoms with Gasteiger partial charge in [0.25, 0.3) is 0 Å². The SMILES string of the molecule is c1ccc(CNc2ccnc(N3CCN(c4ccccc4)CC3)n2)cc1. The lowest BCUT2D eigenvalue weighted by atomic mass is 10.2. The summed E-state index contributed by atoms with van der Waals surface area (Å²) in [4.78, 5) is 13.8. The van der Waals surface area contributed by atoms with Gasteiger partial charge in [0.1, 0.15) is 5.82 Å². The van der Waals surface area contributed by atoms with E-state index in [1.165, 1.54) is 11.3 Å². The van der Waals surface area contributed by atoms with Crippen LogP contribution in [0.2, 0.25) is 0 Å². The Morgan fingerprint density at radius 3 is 2.15 bits per heavy atom. The van der Waals surface area contributed by atoms with Crippen LogP contribution in [0.4, 0.5) is 17.5 Å². The van der Waals surface area contributed by atoms with Crippen molar-refractivity contribution in [3.8, 4) is 0 Å². The lowest BCUT2D eigenvalue weighted by Gasteiger charge is -2.36. The van der Waals surface area contributed by atoms with Crippen molar-refractivity contribution in [1.82, 2.24) is 9.97 Å². The van der Waals surface area contributed by atoms with Gasteiger partial charge in [-0.15, -0.1) is 0 Å². The van der Waals surface area contributed by atoms with Crippen molar-refractivity contribution in [2.75, 3.05) is 41.3 Å². The molecule has 1 saturated heterocycles. The molecule has 2 heterocycles. The van der Waals surface area contributed by atoms with Crippen molar-refractivity contribution in [3.63, 3.8) is 0 Å². The van der Waals surface area contributed by atoms with Gasteiger partial charge < -0.3 is 15.1 Å². The second-order valence-corrected chi connectivity index (χ2v) is 6.39. The van der Waals surface area contributed by atoms with E-state index in [-0.39, 0.29) is 0 Å². The van der Waals surface area contributed by atoms with Crippen molar-refractivity contribution in [3.05, 3.63) is 78.5 Å². The van der Waals surface area contributed by atoms with E-state index in [4.69, 9.17) is 4.98 Å². The fourth-order valence-corrected chi connectivity index (χ4v) is 3.19. The van der Waals surface area contributed by atoms with Gasteiger partial charge in [0, 0.05) is 44.6 Å². The van der Waals surface area contributed by atoms with Gasteiger partial charge in [0.2, 0.25) is 5.95 Å². The Morgan fingerprint density at radius 2 is 1.42 bits per heavy atom. The van der Waals surface area contributed by atoms with Crippen LogP contribution in [0.5, 0.6) is 0 Å². The summed E-state index contributed by atoms with van der Waals surface area (Å²) in [5.41, 5.74) is 2.52. The van der Waals surface area contributed by atoms with Gasteiger partial charge in [-0.05, 0) is 23.8 Å². The summed E-state index contributed by atoms with van der Waals surface area (Å²) in [6.07, 6.45) is 1.83. The van der Waals surface area contributed by atoms with E-state index in [9.17, 15) is 0 Å². The minimum absolute atomic E-state index is 0.763. The number of hydrogen-bond donors (Lipinski definition) is 1. The number of aromatic nitrogens is 2. The van der Waals surface area contributed by atoms with Gasteiger partial charge >= 0.3 is 0 Å². The maximum atomic E-state index is 4.69. The smallest absolute Gasteiger partial charge is 0.227 e. The first-order valence-corrected chi connectivity index (χ1v) is 9.04. The molecule has 0 unspecified atom stereocenters. The minimum atomic E-state index is 0.763. The molecule has 0 saturated carbocycles. The Bertz CT molecular complexity index is 814. The van der Waals surface area contributed by atoms with Crippen LogP contribution in [-0.4, -0.2) is 36.1 Å². The van der Waals surface area contributed by atoms with Crippen LogP contribution in [0.15, 0.2) is 72.9 Å². The number of nitrogens with one attached hydrogen (secondary N) is 1. The van der Waals surface area contributed by atoms with Crippen LogP contribution in [-0.2, 0) is 6.54 Å². The predicted molar refractivity (Wildman–Crippen MR) is 107 cm³/mol. The molecule has 0 aliphatic carbocycles. The van der Waals surface area contributed by atoms with Crippen LogP contribution in [0, 0.1) is 0 Å². The van der Waals surface area contributed by atoms with Crippen molar-refractivity contribution >= 4 is 17.5 Å². The van der Waals surface area contributed by atoms with E-state index < -0.39 is 0 Å². The third kappa shape index (κ3) is 3.94. The molecule has 0 spiro atoms. The fourth-order valence-electron chi connectivity index (χ4n) is 3.19. The molecule has 0 bridgehead atoms. The molecule has 2 aromatic carbocycles. The van der Waals surface area contributed by atoms with E-state index in [0.29, 0.717) is 0 Å². The molecule has 1 aliphatic heterocycles. The topological polar surface area (TPSA) is 44.3 Å². The van der Waals surface area contributed by atoms with E-state index in [1.807, 2.05) is 18.3 Å². The molecule has 3 aromatic rings.